The van der Waals surface area contributed by atoms with E-state index in [4.69, 9.17) is 0 Å². The van der Waals surface area contributed by atoms with Gasteiger partial charge in [0.25, 0.3) is 0 Å². The summed E-state index contributed by atoms with van der Waals surface area (Å²) in [6.45, 7) is 12.1. The third kappa shape index (κ3) is 4.33. The van der Waals surface area contributed by atoms with E-state index in [9.17, 15) is 10.4 Å². The van der Waals surface area contributed by atoms with Crippen molar-refractivity contribution in [1.82, 2.24) is 10.1 Å². The molecule has 0 fully saturated rings. The van der Waals surface area contributed by atoms with Crippen LogP contribution in [0.4, 0.5) is 0 Å². The molecule has 2 aliphatic rings. The minimum atomic E-state index is -0.448. The van der Waals surface area contributed by atoms with Gasteiger partial charge in [-0.2, -0.15) is 0 Å². The molecule has 0 unspecified atom stereocenters. The molecule has 0 saturated heterocycles. The van der Waals surface area contributed by atoms with Crippen LogP contribution >= 0.6 is 0 Å². The van der Waals surface area contributed by atoms with Gasteiger partial charge in [0, 0.05) is 24.2 Å². The summed E-state index contributed by atoms with van der Waals surface area (Å²) in [6.07, 6.45) is 0. The molecule has 0 amide bonds. The lowest BCUT2D eigenvalue weighted by Crippen LogP contribution is -2.36. The summed E-state index contributed by atoms with van der Waals surface area (Å²) >= 11 is 0. The maximum atomic E-state index is 12.4. The van der Waals surface area contributed by atoms with Crippen LogP contribution in [0.1, 0.15) is 52.7 Å². The van der Waals surface area contributed by atoms with Crippen LogP contribution in [0.3, 0.4) is 0 Å². The Balaban J connectivity index is 2.40. The van der Waals surface area contributed by atoms with E-state index < -0.39 is 11.1 Å². The molecule has 2 aliphatic carbocycles. The van der Waals surface area contributed by atoms with Crippen LogP contribution in [0.2, 0.25) is 0 Å². The van der Waals surface area contributed by atoms with Gasteiger partial charge in [0.2, 0.25) is 0 Å². The molecule has 0 aromatic rings. The van der Waals surface area contributed by atoms with Gasteiger partial charge < -0.3 is 20.5 Å². The number of hydroxylamine groups is 4. The average Bonchev–Trinajstić information content (AvgIpc) is 2.62. The Bertz CT molecular complexity index is 602. The molecule has 0 atom stereocenters. The van der Waals surface area contributed by atoms with Crippen LogP contribution < -0.4 is 0 Å². The molecule has 0 aromatic heterocycles. The normalized spacial score (nSPS) is 13.2. The van der Waals surface area contributed by atoms with Gasteiger partial charge in [0.15, 0.2) is 0 Å². The fourth-order valence-corrected chi connectivity index (χ4v) is 2.52. The standard InChI is InChI=1S/C20H28N2O2/c1-19(2,3)21(23)13-15-12-16(14-22(24)20(4,5)6)18-11-9-7-8-10-17(15)18/h7-12H,13-14H2,1-6H3/q-2. The highest BCUT2D eigenvalue weighted by Gasteiger charge is 2.20. The van der Waals surface area contributed by atoms with Crippen molar-refractivity contribution in [2.75, 3.05) is 0 Å². The molecule has 0 heterocycles. The predicted molar refractivity (Wildman–Crippen MR) is 100 cm³/mol. The molecule has 4 nitrogen and oxygen atoms in total. The molecule has 132 valence electrons. The predicted octanol–water partition coefficient (Wildman–Crippen LogP) is 4.99. The Morgan fingerprint density at radius 1 is 0.708 bits per heavy atom. The third-order valence-electron chi connectivity index (χ3n) is 4.20. The second kappa shape index (κ2) is 6.81. The van der Waals surface area contributed by atoms with Crippen molar-refractivity contribution in [3.8, 4) is 11.1 Å². The Morgan fingerprint density at radius 3 is 1.42 bits per heavy atom. The van der Waals surface area contributed by atoms with E-state index in [0.717, 1.165) is 32.4 Å². The van der Waals surface area contributed by atoms with Crippen LogP contribution in [-0.4, -0.2) is 21.2 Å². The van der Waals surface area contributed by atoms with Crippen LogP contribution in [0.25, 0.3) is 11.1 Å². The van der Waals surface area contributed by atoms with Gasteiger partial charge in [-0.05, 0) is 63.8 Å². The molecular weight excluding hydrogens is 300 g/mol. The molecule has 0 radical (unpaired) electrons. The maximum Gasteiger partial charge on any atom is 0.0124 e. The molecule has 0 N–H and O–H groups in total. The molecule has 0 bridgehead atoms. The monoisotopic (exact) mass is 328 g/mol. The van der Waals surface area contributed by atoms with Gasteiger partial charge in [-0.25, -0.2) is 0 Å². The highest BCUT2D eigenvalue weighted by molar-refractivity contribution is 5.74. The van der Waals surface area contributed by atoms with E-state index in [1.54, 1.807) is 0 Å². The summed E-state index contributed by atoms with van der Waals surface area (Å²) in [5, 5.41) is 27.0. The number of hydrogen-bond donors (Lipinski definition) is 0. The minimum absolute atomic E-state index is 0.318. The van der Waals surface area contributed by atoms with Crippen LogP contribution in [0.5, 0.6) is 0 Å². The highest BCUT2D eigenvalue weighted by atomic mass is 16.5. The summed E-state index contributed by atoms with van der Waals surface area (Å²) in [6, 6.07) is 12.0. The SMILES string of the molecule is CC(C)(C)N([O-])Cc1cc(CN([O-])C(C)(C)C)c2cccccc1-2. The summed E-state index contributed by atoms with van der Waals surface area (Å²) in [7, 11) is 0. The first-order valence-electron chi connectivity index (χ1n) is 8.39. The first kappa shape index (κ1) is 18.9. The molecule has 0 aromatic carbocycles. The van der Waals surface area contributed by atoms with Gasteiger partial charge in [-0.3, -0.25) is 0 Å². The van der Waals surface area contributed by atoms with Crippen LogP contribution in [0, 0.1) is 10.4 Å². The van der Waals surface area contributed by atoms with Gasteiger partial charge in [-0.1, -0.05) is 36.4 Å². The van der Waals surface area contributed by atoms with Crippen molar-refractivity contribution in [2.45, 2.75) is 65.7 Å². The summed E-state index contributed by atoms with van der Waals surface area (Å²) in [4.78, 5) is 0. The maximum absolute atomic E-state index is 12.4. The minimum Gasteiger partial charge on any atom is -0.785 e. The molecule has 2 rings (SSSR count). The van der Waals surface area contributed by atoms with Crippen molar-refractivity contribution in [3.05, 3.63) is 57.9 Å². The average molecular weight is 328 g/mol. The van der Waals surface area contributed by atoms with Gasteiger partial charge in [-0.15, -0.1) is 0 Å². The Kier molecular flexibility index (Phi) is 5.35. The number of nitrogens with zero attached hydrogens (tertiary/aromatic N) is 2. The number of rotatable bonds is 4. The van der Waals surface area contributed by atoms with E-state index in [2.05, 4.69) is 0 Å². The van der Waals surface area contributed by atoms with Crippen molar-refractivity contribution in [2.24, 2.45) is 0 Å². The lowest BCUT2D eigenvalue weighted by molar-refractivity contribution is 0.197. The van der Waals surface area contributed by atoms with Crippen molar-refractivity contribution in [1.29, 1.82) is 0 Å². The largest absolute Gasteiger partial charge is 0.785 e. The molecule has 0 aliphatic heterocycles. The highest BCUT2D eigenvalue weighted by Crippen LogP contribution is 2.35. The Hall–Kier alpha value is -1.46. The summed E-state index contributed by atoms with van der Waals surface area (Å²) < 4.78 is 0. The molecule has 24 heavy (non-hydrogen) atoms. The summed E-state index contributed by atoms with van der Waals surface area (Å²) in [5.41, 5.74) is 3.14. The number of hydrogen-bond acceptors (Lipinski definition) is 4. The van der Waals surface area contributed by atoms with Gasteiger partial charge >= 0.3 is 0 Å². The van der Waals surface area contributed by atoms with Crippen molar-refractivity contribution >= 4 is 0 Å². The van der Waals surface area contributed by atoms with Crippen molar-refractivity contribution in [3.63, 3.8) is 0 Å². The second-order valence-corrected chi connectivity index (χ2v) is 8.35. The molecular formula is C20H28N2O2-2. The summed E-state index contributed by atoms with van der Waals surface area (Å²) in [5.74, 6) is 0. The van der Waals surface area contributed by atoms with E-state index in [1.165, 1.54) is 0 Å². The zero-order valence-electron chi connectivity index (χ0n) is 15.6. The Labute approximate surface area is 145 Å². The first-order chi connectivity index (χ1) is 11.0. The second-order valence-electron chi connectivity index (χ2n) is 8.35. The smallest absolute Gasteiger partial charge is 0.0124 e. The fourth-order valence-electron chi connectivity index (χ4n) is 2.52. The fraction of sp³-hybridized carbons (Fsp3) is 0.500. The van der Waals surface area contributed by atoms with Crippen LogP contribution in [-0.2, 0) is 13.1 Å². The first-order valence-corrected chi connectivity index (χ1v) is 8.39. The zero-order chi connectivity index (χ0) is 18.1. The lowest BCUT2D eigenvalue weighted by Gasteiger charge is -2.41. The van der Waals surface area contributed by atoms with E-state index in [-0.39, 0.29) is 0 Å². The molecule has 0 saturated carbocycles. The van der Waals surface area contributed by atoms with Crippen molar-refractivity contribution < 1.29 is 0 Å². The number of fused-ring (bicyclic) bond motifs is 1. The van der Waals surface area contributed by atoms with Gasteiger partial charge in [0.1, 0.15) is 0 Å². The van der Waals surface area contributed by atoms with E-state index in [1.807, 2.05) is 77.9 Å². The Morgan fingerprint density at radius 2 is 1.08 bits per heavy atom. The topological polar surface area (TPSA) is 52.6 Å². The molecule has 0 spiro atoms. The zero-order valence-corrected chi connectivity index (χ0v) is 15.6. The van der Waals surface area contributed by atoms with E-state index in [0.29, 0.717) is 13.1 Å². The quantitative estimate of drug-likeness (QED) is 0.742. The lowest BCUT2D eigenvalue weighted by atomic mass is 10.0. The van der Waals surface area contributed by atoms with Crippen LogP contribution in [0.15, 0.2) is 36.4 Å². The molecule has 4 heteroatoms. The van der Waals surface area contributed by atoms with E-state index >= 15 is 0 Å². The third-order valence-corrected chi connectivity index (χ3v) is 4.20. The van der Waals surface area contributed by atoms with Gasteiger partial charge in [0.05, 0.1) is 0 Å².